The molecule has 0 aromatic rings. The summed E-state index contributed by atoms with van der Waals surface area (Å²) in [6.45, 7) is 7.65. The van der Waals surface area contributed by atoms with Gasteiger partial charge >= 0.3 is 0 Å². The van der Waals surface area contributed by atoms with Gasteiger partial charge in [0.2, 0.25) is 0 Å². The number of ether oxygens (including phenoxy) is 2. The molecule has 138 valence electrons. The summed E-state index contributed by atoms with van der Waals surface area (Å²) in [6, 6.07) is 0. The van der Waals surface area contributed by atoms with Gasteiger partial charge in [0, 0.05) is 13.0 Å². The van der Waals surface area contributed by atoms with E-state index in [2.05, 4.69) is 26.8 Å². The molecule has 0 spiro atoms. The van der Waals surface area contributed by atoms with E-state index in [0.29, 0.717) is 17.6 Å². The molecule has 4 atom stereocenters. The van der Waals surface area contributed by atoms with Crippen molar-refractivity contribution >= 4 is 5.78 Å². The summed E-state index contributed by atoms with van der Waals surface area (Å²) in [7, 11) is 0. The van der Waals surface area contributed by atoms with E-state index >= 15 is 0 Å². The van der Waals surface area contributed by atoms with Gasteiger partial charge in [-0.1, -0.05) is 39.2 Å². The predicted octanol–water partition coefficient (Wildman–Crippen LogP) is 5.43. The van der Waals surface area contributed by atoms with Crippen LogP contribution >= 0.6 is 0 Å². The first-order valence-electron chi connectivity index (χ1n) is 10.0. The second kappa shape index (κ2) is 9.72. The lowest BCUT2D eigenvalue weighted by atomic mass is 9.84. The van der Waals surface area contributed by atoms with Gasteiger partial charge in [0.05, 0.1) is 5.60 Å². The van der Waals surface area contributed by atoms with Gasteiger partial charge < -0.3 is 9.47 Å². The molecule has 0 bridgehead atoms. The highest BCUT2D eigenvalue weighted by molar-refractivity contribution is 5.92. The first-order chi connectivity index (χ1) is 11.5. The first-order valence-corrected chi connectivity index (χ1v) is 10.0. The molecule has 1 aliphatic carbocycles. The Morgan fingerprint density at radius 3 is 2.79 bits per heavy atom. The Balaban J connectivity index is 1.64. The summed E-state index contributed by atoms with van der Waals surface area (Å²) in [4.78, 5) is 11.2. The predicted molar refractivity (Wildman–Crippen MR) is 97.9 cm³/mol. The van der Waals surface area contributed by atoms with Crippen molar-refractivity contribution in [1.82, 2.24) is 0 Å². The lowest BCUT2D eigenvalue weighted by Gasteiger charge is -2.39. The van der Waals surface area contributed by atoms with Crippen LogP contribution in [0.1, 0.15) is 85.0 Å². The molecule has 0 N–H and O–H groups in total. The van der Waals surface area contributed by atoms with Crippen LogP contribution in [0.3, 0.4) is 0 Å². The smallest absolute Gasteiger partial charge is 0.158 e. The molecule has 1 saturated heterocycles. The highest BCUT2D eigenvalue weighted by atomic mass is 16.7. The maximum absolute atomic E-state index is 11.2. The summed E-state index contributed by atoms with van der Waals surface area (Å²) in [5.41, 5.74) is -0.0807. The third-order valence-electron chi connectivity index (χ3n) is 6.01. The van der Waals surface area contributed by atoms with Gasteiger partial charge in [0.15, 0.2) is 12.1 Å². The summed E-state index contributed by atoms with van der Waals surface area (Å²) in [5, 5.41) is 0. The summed E-state index contributed by atoms with van der Waals surface area (Å²) in [5.74, 6) is 1.35. The summed E-state index contributed by atoms with van der Waals surface area (Å²) >= 11 is 0. The average molecular weight is 337 g/mol. The zero-order chi connectivity index (χ0) is 17.4. The molecule has 1 heterocycles. The van der Waals surface area contributed by atoms with Crippen molar-refractivity contribution < 1.29 is 14.3 Å². The molecule has 3 heteroatoms. The summed E-state index contributed by atoms with van der Waals surface area (Å²) in [6.07, 6.45) is 15.1. The maximum Gasteiger partial charge on any atom is 0.158 e. The molecule has 1 aliphatic heterocycles. The van der Waals surface area contributed by atoms with Gasteiger partial charge in [-0.05, 0) is 63.4 Å². The van der Waals surface area contributed by atoms with E-state index in [1.54, 1.807) is 6.08 Å². The fraction of sp³-hybridized carbons (Fsp3) is 0.857. The molecular weight excluding hydrogens is 300 g/mol. The van der Waals surface area contributed by atoms with Crippen molar-refractivity contribution in [2.75, 3.05) is 6.61 Å². The van der Waals surface area contributed by atoms with Gasteiger partial charge in [-0.2, -0.15) is 0 Å². The van der Waals surface area contributed by atoms with E-state index in [1.165, 1.54) is 38.5 Å². The number of carbonyl (C=O) groups is 1. The molecule has 0 saturated carbocycles. The number of allylic oxidation sites excluding steroid dienone is 2. The Labute approximate surface area is 148 Å². The number of carbonyl (C=O) groups excluding carboxylic acids is 1. The first kappa shape index (κ1) is 19.7. The second-order valence-corrected chi connectivity index (χ2v) is 7.91. The van der Waals surface area contributed by atoms with Crippen LogP contribution in [0.2, 0.25) is 0 Å². The monoisotopic (exact) mass is 336 g/mol. The minimum absolute atomic E-state index is 0.00200. The van der Waals surface area contributed by atoms with E-state index < -0.39 is 0 Å². The Hall–Kier alpha value is -0.670. The van der Waals surface area contributed by atoms with Crippen LogP contribution in [0.15, 0.2) is 12.2 Å². The quantitative estimate of drug-likeness (QED) is 0.499. The second-order valence-electron chi connectivity index (χ2n) is 7.91. The van der Waals surface area contributed by atoms with Gasteiger partial charge in [-0.15, -0.1) is 0 Å². The minimum atomic E-state index is -0.0807. The molecule has 0 aromatic carbocycles. The Morgan fingerprint density at radius 1 is 1.33 bits per heavy atom. The van der Waals surface area contributed by atoms with Crippen LogP contribution in [0.4, 0.5) is 0 Å². The molecule has 2 aliphatic rings. The van der Waals surface area contributed by atoms with Gasteiger partial charge in [-0.25, -0.2) is 0 Å². The minimum Gasteiger partial charge on any atom is -0.353 e. The number of rotatable bonds is 10. The van der Waals surface area contributed by atoms with E-state index in [0.717, 1.165) is 32.3 Å². The maximum atomic E-state index is 11.2. The topological polar surface area (TPSA) is 35.5 Å². The molecule has 0 aromatic heterocycles. The van der Waals surface area contributed by atoms with Crippen molar-refractivity contribution in [2.45, 2.75) is 96.9 Å². The van der Waals surface area contributed by atoms with Crippen LogP contribution in [0.5, 0.6) is 0 Å². The number of hydrogen-bond acceptors (Lipinski definition) is 3. The molecule has 0 amide bonds. The summed E-state index contributed by atoms with van der Waals surface area (Å²) < 4.78 is 12.1. The highest BCUT2D eigenvalue weighted by Crippen LogP contribution is 2.33. The van der Waals surface area contributed by atoms with Crippen LogP contribution in [0.25, 0.3) is 0 Å². The third-order valence-corrected chi connectivity index (χ3v) is 6.01. The van der Waals surface area contributed by atoms with Gasteiger partial charge in [0.25, 0.3) is 0 Å². The van der Waals surface area contributed by atoms with Crippen molar-refractivity contribution in [3.8, 4) is 0 Å². The van der Waals surface area contributed by atoms with Crippen molar-refractivity contribution in [3.63, 3.8) is 0 Å². The van der Waals surface area contributed by atoms with Crippen LogP contribution < -0.4 is 0 Å². The van der Waals surface area contributed by atoms with Gasteiger partial charge in [0.1, 0.15) is 0 Å². The largest absolute Gasteiger partial charge is 0.353 e. The van der Waals surface area contributed by atoms with Crippen LogP contribution in [-0.2, 0) is 14.3 Å². The van der Waals surface area contributed by atoms with Crippen molar-refractivity contribution in [1.29, 1.82) is 0 Å². The standard InChI is InChI=1S/C21H36O3/c1-4-21(3,24-20-12-8-9-15-23-20)17(2)10-6-5-7-11-18-13-14-19(22)16-18/h13-14,17-18,20H,4-12,15-16H2,1-3H3. The normalized spacial score (nSPS) is 28.0. The highest BCUT2D eigenvalue weighted by Gasteiger charge is 2.33. The molecule has 3 nitrogen and oxygen atoms in total. The molecular formula is C21H36O3. The number of ketones is 1. The van der Waals surface area contributed by atoms with E-state index in [4.69, 9.17) is 9.47 Å². The zero-order valence-electron chi connectivity index (χ0n) is 15.9. The molecule has 24 heavy (non-hydrogen) atoms. The van der Waals surface area contributed by atoms with E-state index in [1.807, 2.05) is 0 Å². The van der Waals surface area contributed by atoms with Crippen molar-refractivity contribution in [3.05, 3.63) is 12.2 Å². The Bertz CT molecular complexity index is 411. The molecule has 2 rings (SSSR count). The molecule has 0 radical (unpaired) electrons. The number of hydrogen-bond donors (Lipinski definition) is 0. The van der Waals surface area contributed by atoms with Gasteiger partial charge in [-0.3, -0.25) is 4.79 Å². The SMILES string of the molecule is CCC(C)(OC1CCCCO1)C(C)CCCCCC1C=CC(=O)C1. The zero-order valence-corrected chi connectivity index (χ0v) is 15.9. The van der Waals surface area contributed by atoms with Crippen molar-refractivity contribution in [2.24, 2.45) is 11.8 Å². The lowest BCUT2D eigenvalue weighted by Crippen LogP contribution is -2.41. The van der Waals surface area contributed by atoms with Crippen LogP contribution in [-0.4, -0.2) is 24.3 Å². The van der Waals surface area contributed by atoms with E-state index in [9.17, 15) is 4.79 Å². The average Bonchev–Trinajstić information content (AvgIpc) is 3.00. The third kappa shape index (κ3) is 6.00. The fourth-order valence-corrected chi connectivity index (χ4v) is 3.83. The molecule has 4 unspecified atom stereocenters. The fourth-order valence-electron chi connectivity index (χ4n) is 3.83. The van der Waals surface area contributed by atoms with Crippen LogP contribution in [0, 0.1) is 11.8 Å². The number of unbranched alkanes of at least 4 members (excludes halogenated alkanes) is 2. The Morgan fingerprint density at radius 2 is 2.17 bits per heavy atom. The molecule has 1 fully saturated rings. The van der Waals surface area contributed by atoms with E-state index in [-0.39, 0.29) is 11.9 Å². The Kier molecular flexibility index (Phi) is 7.96. The lowest BCUT2D eigenvalue weighted by molar-refractivity contribution is -0.235.